The predicted molar refractivity (Wildman–Crippen MR) is 167 cm³/mol. The van der Waals surface area contributed by atoms with Crippen LogP contribution in [0.1, 0.15) is 91.4 Å². The standard InChI is InChI=1S/C33H60N2O8S/c1-21(7-10-30(40)34-14-6-15-35(4,5)16-12-24(37)20-44(41,42)43)25-8-9-26-31-27(19-29(39)33(25,26)3)32(2)13-11-23(36)17-22(32)18-28(31)38/h21-29,31,36-39H,6-20H2,1-5H3,(H-,34,40,41,42,43)/t21-,22+,23-,24?,25-,26+,27+,28-,29+,31+,32+,33-/m1/s1. The summed E-state index contributed by atoms with van der Waals surface area (Å²) in [5.74, 6) is 0.860. The molecular weight excluding hydrogens is 584 g/mol. The third kappa shape index (κ3) is 7.82. The molecule has 11 heteroatoms. The molecule has 5 N–H and O–H groups in total. The molecular formula is C33H60N2O8S. The molecule has 0 saturated heterocycles. The number of fused-ring (bicyclic) bond motifs is 5. The Bertz CT molecular complexity index is 1100. The fourth-order valence-electron chi connectivity index (χ4n) is 10.4. The number of carbonyl (C=O) groups excluding carboxylic acids is 1. The fraction of sp³-hybridized carbons (Fsp3) is 0.970. The molecule has 4 fully saturated rings. The molecule has 0 heterocycles. The molecule has 0 aromatic heterocycles. The van der Waals surface area contributed by atoms with E-state index >= 15 is 0 Å². The van der Waals surface area contributed by atoms with Gasteiger partial charge in [0.1, 0.15) is 0 Å². The number of quaternary nitrogens is 1. The van der Waals surface area contributed by atoms with Gasteiger partial charge in [0.2, 0.25) is 5.91 Å². The summed E-state index contributed by atoms with van der Waals surface area (Å²) in [4.78, 5) is 12.7. The molecule has 4 aliphatic carbocycles. The van der Waals surface area contributed by atoms with Crippen molar-refractivity contribution in [2.45, 2.75) is 116 Å². The molecule has 0 aromatic rings. The number of carbonyl (C=O) groups is 1. The molecule has 0 bridgehead atoms. The molecule has 10 nitrogen and oxygen atoms in total. The predicted octanol–water partition coefficient (Wildman–Crippen LogP) is 2.24. The number of rotatable bonds is 13. The summed E-state index contributed by atoms with van der Waals surface area (Å²) in [5, 5.41) is 46.4. The Morgan fingerprint density at radius 2 is 1.73 bits per heavy atom. The quantitative estimate of drug-likeness (QED) is 0.116. The lowest BCUT2D eigenvalue weighted by Crippen LogP contribution is -2.62. The van der Waals surface area contributed by atoms with Gasteiger partial charge in [-0.25, -0.2) is 8.42 Å². The highest BCUT2D eigenvalue weighted by molar-refractivity contribution is 7.85. The van der Waals surface area contributed by atoms with E-state index < -0.39 is 28.1 Å². The first-order valence-electron chi connectivity index (χ1n) is 17.1. The third-order valence-corrected chi connectivity index (χ3v) is 13.9. The van der Waals surface area contributed by atoms with Gasteiger partial charge in [0.05, 0.1) is 67.5 Å². The summed E-state index contributed by atoms with van der Waals surface area (Å²) in [6.45, 7) is 8.61. The number of amides is 1. The average Bonchev–Trinajstić information content (AvgIpc) is 3.28. The van der Waals surface area contributed by atoms with Gasteiger partial charge in [-0.2, -0.15) is 0 Å². The first-order chi connectivity index (χ1) is 20.4. The van der Waals surface area contributed by atoms with Crippen LogP contribution in [0.3, 0.4) is 0 Å². The maximum atomic E-state index is 12.7. The second-order valence-electron chi connectivity index (χ2n) is 16.3. The van der Waals surface area contributed by atoms with Crippen molar-refractivity contribution < 1.29 is 42.7 Å². The molecule has 0 spiro atoms. The lowest BCUT2D eigenvalue weighted by Gasteiger charge is -2.63. The molecule has 0 aromatic carbocycles. The van der Waals surface area contributed by atoms with E-state index in [0.29, 0.717) is 42.2 Å². The smallest absolute Gasteiger partial charge is 0.220 e. The van der Waals surface area contributed by atoms with Crippen molar-refractivity contribution in [1.29, 1.82) is 0 Å². The van der Waals surface area contributed by atoms with Crippen LogP contribution in [0.4, 0.5) is 0 Å². The summed E-state index contributed by atoms with van der Waals surface area (Å²) in [6.07, 6.45) is 5.90. The highest BCUT2D eigenvalue weighted by Gasteiger charge is 2.65. The Kier molecular flexibility index (Phi) is 11.2. The second-order valence-corrected chi connectivity index (χ2v) is 17.7. The number of nitrogens with zero attached hydrogens (tertiary/aromatic N) is 1. The van der Waals surface area contributed by atoms with Crippen molar-refractivity contribution in [3.05, 3.63) is 0 Å². The summed E-state index contributed by atoms with van der Waals surface area (Å²) >= 11 is 0. The number of aliphatic hydroxyl groups is 4. The van der Waals surface area contributed by atoms with Gasteiger partial charge in [-0.1, -0.05) is 20.8 Å². The monoisotopic (exact) mass is 644 g/mol. The first-order valence-corrected chi connectivity index (χ1v) is 18.7. The molecule has 1 amide bonds. The maximum Gasteiger partial charge on any atom is 0.220 e. The fourth-order valence-corrected chi connectivity index (χ4v) is 11.1. The molecule has 0 aliphatic heterocycles. The van der Waals surface area contributed by atoms with E-state index in [1.165, 1.54) is 0 Å². The summed E-state index contributed by atoms with van der Waals surface area (Å²) < 4.78 is 33.1. The van der Waals surface area contributed by atoms with Crippen molar-refractivity contribution in [1.82, 2.24) is 5.32 Å². The SMILES string of the molecule is C[C@H](CCC(=O)NCCC[N+](C)(C)CCC(O)CS(=O)(=O)[O-])[C@H]1CC[C@H]2[C@@H]3[C@H](O)C[C@@H]4C[C@H](O)CC[C@]4(C)[C@H]3C[C@H](O)[C@]12C. The highest BCUT2D eigenvalue weighted by atomic mass is 32.2. The van der Waals surface area contributed by atoms with Crippen LogP contribution in [-0.2, 0) is 14.9 Å². The van der Waals surface area contributed by atoms with E-state index in [4.69, 9.17) is 0 Å². The lowest BCUT2D eigenvalue weighted by molar-refractivity contribution is -0.890. The Morgan fingerprint density at radius 3 is 2.41 bits per heavy atom. The van der Waals surface area contributed by atoms with Crippen LogP contribution >= 0.6 is 0 Å². The van der Waals surface area contributed by atoms with Crippen LogP contribution in [0.25, 0.3) is 0 Å². The Labute approximate surface area is 265 Å². The minimum Gasteiger partial charge on any atom is -0.748 e. The minimum absolute atomic E-state index is 0.0170. The van der Waals surface area contributed by atoms with E-state index in [-0.39, 0.29) is 59.0 Å². The van der Waals surface area contributed by atoms with E-state index in [2.05, 4.69) is 26.1 Å². The molecule has 0 radical (unpaired) electrons. The average molecular weight is 645 g/mol. The van der Waals surface area contributed by atoms with Crippen molar-refractivity contribution in [3.63, 3.8) is 0 Å². The largest absolute Gasteiger partial charge is 0.748 e. The normalized spacial score (nSPS) is 40.4. The number of aliphatic hydroxyl groups excluding tert-OH is 4. The van der Waals surface area contributed by atoms with Crippen molar-refractivity contribution in [3.8, 4) is 0 Å². The van der Waals surface area contributed by atoms with E-state index in [0.717, 1.165) is 57.9 Å². The maximum absolute atomic E-state index is 12.7. The molecule has 4 aliphatic rings. The van der Waals surface area contributed by atoms with Crippen LogP contribution < -0.4 is 5.32 Å². The lowest BCUT2D eigenvalue weighted by atomic mass is 9.43. The number of hydrogen-bond acceptors (Lipinski definition) is 8. The highest BCUT2D eigenvalue weighted by Crippen LogP contribution is 2.68. The van der Waals surface area contributed by atoms with Crippen LogP contribution in [0.15, 0.2) is 0 Å². The Balaban J connectivity index is 1.24. The van der Waals surface area contributed by atoms with Gasteiger partial charge in [-0.05, 0) is 97.7 Å². The van der Waals surface area contributed by atoms with Gasteiger partial charge < -0.3 is 34.8 Å². The zero-order chi connectivity index (χ0) is 32.7. The molecule has 12 atom stereocenters. The van der Waals surface area contributed by atoms with Gasteiger partial charge in [0.15, 0.2) is 0 Å². The van der Waals surface area contributed by atoms with Crippen LogP contribution in [0.5, 0.6) is 0 Å². The van der Waals surface area contributed by atoms with E-state index in [1.54, 1.807) is 0 Å². The van der Waals surface area contributed by atoms with Crippen LogP contribution in [0.2, 0.25) is 0 Å². The van der Waals surface area contributed by atoms with Gasteiger partial charge >= 0.3 is 0 Å². The molecule has 256 valence electrons. The zero-order valence-corrected chi connectivity index (χ0v) is 28.5. The minimum atomic E-state index is -4.45. The van der Waals surface area contributed by atoms with Crippen molar-refractivity contribution in [2.24, 2.45) is 46.3 Å². The number of hydrogen-bond donors (Lipinski definition) is 5. The Hall–Kier alpha value is -0.820. The molecule has 4 rings (SSSR count). The molecule has 44 heavy (non-hydrogen) atoms. The van der Waals surface area contributed by atoms with Gasteiger partial charge in [0, 0.05) is 25.8 Å². The summed E-state index contributed by atoms with van der Waals surface area (Å²) in [5.41, 5.74) is -0.215. The van der Waals surface area contributed by atoms with Gasteiger partial charge in [-0.3, -0.25) is 4.79 Å². The van der Waals surface area contributed by atoms with Crippen LogP contribution in [-0.4, -0.2) is 108 Å². The second kappa shape index (κ2) is 13.7. The van der Waals surface area contributed by atoms with E-state index in [9.17, 15) is 38.2 Å². The first kappa shape index (κ1) is 36.0. The van der Waals surface area contributed by atoms with Gasteiger partial charge in [0.25, 0.3) is 0 Å². The van der Waals surface area contributed by atoms with Crippen molar-refractivity contribution >= 4 is 16.0 Å². The zero-order valence-electron chi connectivity index (χ0n) is 27.7. The molecule has 1 unspecified atom stereocenters. The van der Waals surface area contributed by atoms with Gasteiger partial charge in [-0.15, -0.1) is 0 Å². The summed E-state index contributed by atoms with van der Waals surface area (Å²) in [6, 6.07) is 0. The van der Waals surface area contributed by atoms with E-state index in [1.807, 2.05) is 14.1 Å². The summed E-state index contributed by atoms with van der Waals surface area (Å²) in [7, 11) is -0.498. The number of nitrogens with one attached hydrogen (secondary N) is 1. The molecule has 4 saturated carbocycles. The third-order valence-electron chi connectivity index (χ3n) is 13.1. The van der Waals surface area contributed by atoms with Crippen LogP contribution in [0, 0.1) is 46.3 Å². The Morgan fingerprint density at radius 1 is 1.02 bits per heavy atom. The van der Waals surface area contributed by atoms with Crippen molar-refractivity contribution in [2.75, 3.05) is 39.5 Å². The topological polar surface area (TPSA) is 167 Å².